The summed E-state index contributed by atoms with van der Waals surface area (Å²) < 4.78 is 19.9. The van der Waals surface area contributed by atoms with E-state index >= 15 is 0 Å². The number of anilines is 1. The van der Waals surface area contributed by atoms with Crippen molar-refractivity contribution >= 4 is 34.8 Å². The van der Waals surface area contributed by atoms with Crippen LogP contribution in [0.1, 0.15) is 17.9 Å². The van der Waals surface area contributed by atoms with Crippen LogP contribution in [0.5, 0.6) is 0 Å². The van der Waals surface area contributed by atoms with Crippen LogP contribution in [-0.2, 0) is 9.53 Å². The van der Waals surface area contributed by atoms with Crippen LogP contribution >= 0.6 is 23.2 Å². The second-order valence-corrected chi connectivity index (χ2v) is 8.06. The molecule has 5 unspecified atom stereocenters. The zero-order valence-corrected chi connectivity index (χ0v) is 16.8. The molecule has 9 heteroatoms. The number of carbonyl (C=O) groups excluding carboxylic acids is 1. The van der Waals surface area contributed by atoms with E-state index in [2.05, 4.69) is 15.6 Å². The van der Waals surface area contributed by atoms with Gasteiger partial charge in [0.1, 0.15) is 0 Å². The fraction of sp³-hybridized carbons (Fsp3) is 0.400. The fourth-order valence-electron chi connectivity index (χ4n) is 4.34. The maximum Gasteiger partial charge on any atom is 0.230 e. The first-order chi connectivity index (χ1) is 14.0. The summed E-state index contributed by atoms with van der Waals surface area (Å²) in [6, 6.07) is 7.90. The summed E-state index contributed by atoms with van der Waals surface area (Å²) in [6.07, 6.45) is 1.40. The summed E-state index contributed by atoms with van der Waals surface area (Å²) in [7, 11) is 0. The number of pyridine rings is 1. The Morgan fingerprint density at radius 2 is 2.10 bits per heavy atom. The van der Waals surface area contributed by atoms with Gasteiger partial charge in [0.2, 0.25) is 11.9 Å². The monoisotopic (exact) mass is 439 g/mol. The van der Waals surface area contributed by atoms with Crippen molar-refractivity contribution < 1.29 is 19.0 Å². The molecule has 2 bridgehead atoms. The first-order valence-electron chi connectivity index (χ1n) is 9.35. The highest BCUT2D eigenvalue weighted by molar-refractivity contribution is 6.42. The van der Waals surface area contributed by atoms with E-state index in [0.717, 1.165) is 0 Å². The third-order valence-electron chi connectivity index (χ3n) is 5.50. The fourth-order valence-corrected chi connectivity index (χ4v) is 4.64. The Morgan fingerprint density at radius 1 is 1.28 bits per heavy atom. The number of nitrogens with one attached hydrogen (secondary N) is 2. The molecule has 6 nitrogen and oxygen atoms in total. The van der Waals surface area contributed by atoms with Gasteiger partial charge in [-0.3, -0.25) is 4.79 Å². The summed E-state index contributed by atoms with van der Waals surface area (Å²) in [4.78, 5) is 16.8. The average molecular weight is 440 g/mol. The summed E-state index contributed by atoms with van der Waals surface area (Å²) >= 11 is 12.0. The zero-order chi connectivity index (χ0) is 20.5. The molecule has 2 aromatic rings. The molecule has 3 heterocycles. The number of fused-ring (bicyclic) bond motifs is 2. The zero-order valence-electron chi connectivity index (χ0n) is 15.3. The number of halogens is 3. The van der Waals surface area contributed by atoms with E-state index in [1.54, 1.807) is 24.3 Å². The van der Waals surface area contributed by atoms with Gasteiger partial charge in [-0.15, -0.1) is 0 Å². The SMILES string of the molecule is O=C(Nc1ccc(Cl)c(Cl)c1)C1C2CC(NCCO)C(O2)C1c1ccnc(F)c1. The van der Waals surface area contributed by atoms with Gasteiger partial charge in [-0.1, -0.05) is 23.2 Å². The summed E-state index contributed by atoms with van der Waals surface area (Å²) in [5.74, 6) is -1.67. The minimum atomic E-state index is -0.603. The number of carbonyl (C=O) groups is 1. The topological polar surface area (TPSA) is 83.5 Å². The van der Waals surface area contributed by atoms with Crippen LogP contribution in [0.3, 0.4) is 0 Å². The number of hydrogen-bond acceptors (Lipinski definition) is 5. The quantitative estimate of drug-likeness (QED) is 0.602. The average Bonchev–Trinajstić information content (AvgIpc) is 3.27. The van der Waals surface area contributed by atoms with E-state index in [-0.39, 0.29) is 36.7 Å². The molecule has 3 N–H and O–H groups in total. The molecule has 1 amide bonds. The van der Waals surface area contributed by atoms with Crippen molar-refractivity contribution in [1.29, 1.82) is 0 Å². The van der Waals surface area contributed by atoms with Gasteiger partial charge in [-0.05, 0) is 42.3 Å². The van der Waals surface area contributed by atoms with Crippen LogP contribution in [-0.4, -0.2) is 47.4 Å². The maximum absolute atomic E-state index is 13.8. The largest absolute Gasteiger partial charge is 0.395 e. The summed E-state index contributed by atoms with van der Waals surface area (Å²) in [5.41, 5.74) is 1.19. The van der Waals surface area contributed by atoms with E-state index in [1.807, 2.05) is 0 Å². The Kier molecular flexibility index (Phi) is 6.03. The lowest BCUT2D eigenvalue weighted by Crippen LogP contribution is -2.47. The van der Waals surface area contributed by atoms with Crippen molar-refractivity contribution in [3.8, 4) is 0 Å². The standard InChI is InChI=1S/C20H20Cl2FN3O3/c21-12-2-1-11(8-13(12)22)26-20(28)18-15-9-14(24-5-6-27)19(29-15)17(18)10-3-4-25-16(23)7-10/h1-4,7-8,14-15,17-19,24,27H,5-6,9H2,(H,26,28). The van der Waals surface area contributed by atoms with Gasteiger partial charge < -0.3 is 20.5 Å². The van der Waals surface area contributed by atoms with Crippen molar-refractivity contribution in [1.82, 2.24) is 10.3 Å². The van der Waals surface area contributed by atoms with Gasteiger partial charge in [0, 0.05) is 30.4 Å². The first kappa shape index (κ1) is 20.5. The molecule has 2 aliphatic rings. The van der Waals surface area contributed by atoms with Crippen LogP contribution in [0.4, 0.5) is 10.1 Å². The molecule has 5 atom stereocenters. The Balaban J connectivity index is 1.60. The molecule has 1 aromatic heterocycles. The van der Waals surface area contributed by atoms with E-state index in [1.165, 1.54) is 12.3 Å². The number of nitrogens with zero attached hydrogens (tertiary/aromatic N) is 1. The molecule has 0 aliphatic carbocycles. The summed E-state index contributed by atoms with van der Waals surface area (Å²) in [5, 5.41) is 16.0. The van der Waals surface area contributed by atoms with Crippen molar-refractivity contribution in [2.24, 2.45) is 5.92 Å². The van der Waals surface area contributed by atoms with Crippen LogP contribution in [0.2, 0.25) is 10.0 Å². The minimum Gasteiger partial charge on any atom is -0.395 e. The van der Waals surface area contributed by atoms with Gasteiger partial charge in [0.15, 0.2) is 0 Å². The van der Waals surface area contributed by atoms with Crippen molar-refractivity contribution in [3.05, 3.63) is 58.1 Å². The van der Waals surface area contributed by atoms with Gasteiger partial charge in [0.05, 0.1) is 34.8 Å². The third-order valence-corrected chi connectivity index (χ3v) is 6.24. The lowest BCUT2D eigenvalue weighted by Gasteiger charge is -2.32. The van der Waals surface area contributed by atoms with Gasteiger partial charge in [0.25, 0.3) is 0 Å². The molecule has 2 aliphatic heterocycles. The molecule has 4 rings (SSSR count). The molecule has 0 spiro atoms. The van der Waals surface area contributed by atoms with E-state index in [0.29, 0.717) is 34.3 Å². The third kappa shape index (κ3) is 4.11. The van der Waals surface area contributed by atoms with Crippen molar-refractivity contribution in [2.45, 2.75) is 30.6 Å². The second-order valence-electron chi connectivity index (χ2n) is 7.24. The highest BCUT2D eigenvalue weighted by Gasteiger charge is 2.57. The highest BCUT2D eigenvalue weighted by Crippen LogP contribution is 2.49. The number of benzene rings is 1. The molecule has 2 saturated heterocycles. The Bertz CT molecular complexity index is 916. The predicted molar refractivity (Wildman–Crippen MR) is 108 cm³/mol. The normalized spacial score (nSPS) is 27.9. The number of aliphatic hydroxyl groups is 1. The number of rotatable bonds is 6. The lowest BCUT2D eigenvalue weighted by atomic mass is 9.73. The van der Waals surface area contributed by atoms with Crippen LogP contribution < -0.4 is 10.6 Å². The number of aliphatic hydroxyl groups excluding tert-OH is 1. The predicted octanol–water partition coefficient (Wildman–Crippen LogP) is 2.99. The number of aromatic nitrogens is 1. The Hall–Kier alpha value is -1.77. The molecular weight excluding hydrogens is 420 g/mol. The van der Waals surface area contributed by atoms with E-state index in [4.69, 9.17) is 33.0 Å². The van der Waals surface area contributed by atoms with Crippen molar-refractivity contribution in [2.75, 3.05) is 18.5 Å². The lowest BCUT2D eigenvalue weighted by molar-refractivity contribution is -0.121. The van der Waals surface area contributed by atoms with E-state index < -0.39 is 11.9 Å². The molecule has 0 saturated carbocycles. The number of ether oxygens (including phenoxy) is 1. The van der Waals surface area contributed by atoms with Gasteiger partial charge in [-0.2, -0.15) is 4.39 Å². The van der Waals surface area contributed by atoms with Crippen LogP contribution in [0.15, 0.2) is 36.5 Å². The molecule has 1 aromatic carbocycles. The van der Waals surface area contributed by atoms with Crippen molar-refractivity contribution in [3.63, 3.8) is 0 Å². The molecule has 0 radical (unpaired) electrons. The maximum atomic E-state index is 13.8. The van der Waals surface area contributed by atoms with Crippen LogP contribution in [0.25, 0.3) is 0 Å². The van der Waals surface area contributed by atoms with Gasteiger partial charge >= 0.3 is 0 Å². The van der Waals surface area contributed by atoms with Crippen LogP contribution in [0, 0.1) is 11.9 Å². The smallest absolute Gasteiger partial charge is 0.230 e. The minimum absolute atomic E-state index is 0.00365. The Labute approximate surface area is 177 Å². The highest BCUT2D eigenvalue weighted by atomic mass is 35.5. The molecular formula is C20H20Cl2FN3O3. The molecule has 154 valence electrons. The molecule has 2 fully saturated rings. The second kappa shape index (κ2) is 8.53. The van der Waals surface area contributed by atoms with E-state index in [9.17, 15) is 9.18 Å². The molecule has 29 heavy (non-hydrogen) atoms. The number of hydrogen-bond donors (Lipinski definition) is 3. The Morgan fingerprint density at radius 3 is 2.83 bits per heavy atom. The van der Waals surface area contributed by atoms with Gasteiger partial charge in [-0.25, -0.2) is 4.98 Å². The number of amides is 1. The first-order valence-corrected chi connectivity index (χ1v) is 10.1. The summed E-state index contributed by atoms with van der Waals surface area (Å²) in [6.45, 7) is 0.429.